The molecule has 0 radical (unpaired) electrons. The van der Waals surface area contributed by atoms with Crippen LogP contribution < -0.4 is 10.6 Å². The van der Waals surface area contributed by atoms with E-state index in [9.17, 15) is 38.4 Å². The number of imide groups is 2. The average Bonchev–Trinajstić information content (AvgIpc) is 3.53. The molecule has 3 aliphatic heterocycles. The number of hydroxylamine groups is 4. The molecule has 196 valence electrons. The van der Waals surface area contributed by atoms with Crippen molar-refractivity contribution < 1.29 is 48.0 Å². The van der Waals surface area contributed by atoms with Crippen LogP contribution in [-0.2, 0) is 48.0 Å². The summed E-state index contributed by atoms with van der Waals surface area (Å²) >= 11 is 0. The highest BCUT2D eigenvalue weighted by atomic mass is 16.7. The summed E-state index contributed by atoms with van der Waals surface area (Å²) in [5.74, 6) is -5.58. The van der Waals surface area contributed by atoms with Gasteiger partial charge < -0.3 is 15.0 Å². The molecule has 3 unspecified atom stereocenters. The fourth-order valence-electron chi connectivity index (χ4n) is 4.01. The molecule has 3 aliphatic rings. The molecule has 3 atom stereocenters. The second kappa shape index (κ2) is 11.4. The molecule has 36 heavy (non-hydrogen) atoms. The van der Waals surface area contributed by atoms with E-state index >= 15 is 0 Å². The van der Waals surface area contributed by atoms with Crippen molar-refractivity contribution in [2.24, 2.45) is 5.92 Å². The number of amides is 5. The SMILES string of the molecule is CC(C)C(NC(=O)CCC(=O)ON1C(=O)CCC1=O)C(=O)C1CCC(C(=O)ON2C(=O)CCC2=O)N1. The number of carbonyl (C=O) groups excluding carboxylic acids is 8. The summed E-state index contributed by atoms with van der Waals surface area (Å²) in [5.41, 5.74) is 0. The maximum absolute atomic E-state index is 13.1. The minimum absolute atomic E-state index is 0.0344. The van der Waals surface area contributed by atoms with Crippen LogP contribution in [0.1, 0.15) is 65.2 Å². The fourth-order valence-corrected chi connectivity index (χ4v) is 4.01. The summed E-state index contributed by atoms with van der Waals surface area (Å²) in [7, 11) is 0. The van der Waals surface area contributed by atoms with Gasteiger partial charge in [-0.2, -0.15) is 0 Å². The lowest BCUT2D eigenvalue weighted by atomic mass is 9.94. The molecule has 0 aromatic heterocycles. The predicted octanol–water partition coefficient (Wildman–Crippen LogP) is -1.19. The van der Waals surface area contributed by atoms with Crippen LogP contribution in [0.4, 0.5) is 0 Å². The molecule has 3 saturated heterocycles. The van der Waals surface area contributed by atoms with Crippen LogP contribution in [0.5, 0.6) is 0 Å². The van der Waals surface area contributed by atoms with Crippen molar-refractivity contribution in [2.75, 3.05) is 0 Å². The zero-order valence-corrected chi connectivity index (χ0v) is 19.9. The van der Waals surface area contributed by atoms with Gasteiger partial charge in [0.1, 0.15) is 6.04 Å². The maximum Gasteiger partial charge on any atom is 0.349 e. The smallest absolute Gasteiger partial charge is 0.346 e. The summed E-state index contributed by atoms with van der Waals surface area (Å²) in [6, 6.07) is -2.61. The Bertz CT molecular complexity index is 961. The molecule has 2 N–H and O–H groups in total. The summed E-state index contributed by atoms with van der Waals surface area (Å²) in [4.78, 5) is 106. The van der Waals surface area contributed by atoms with Crippen LogP contribution >= 0.6 is 0 Å². The van der Waals surface area contributed by atoms with E-state index in [2.05, 4.69) is 10.6 Å². The minimum Gasteiger partial charge on any atom is -0.346 e. The van der Waals surface area contributed by atoms with Gasteiger partial charge in [-0.05, 0) is 18.8 Å². The molecule has 3 heterocycles. The molecule has 0 aromatic rings. The average molecular weight is 508 g/mol. The highest BCUT2D eigenvalue weighted by Gasteiger charge is 2.41. The van der Waals surface area contributed by atoms with Crippen LogP contribution in [0.25, 0.3) is 0 Å². The second-order valence-electron chi connectivity index (χ2n) is 9.08. The first-order valence-corrected chi connectivity index (χ1v) is 11.7. The van der Waals surface area contributed by atoms with E-state index < -0.39 is 66.0 Å². The normalized spacial score (nSPS) is 22.9. The fraction of sp³-hybridized carbons (Fsp3) is 0.636. The molecule has 0 aliphatic carbocycles. The van der Waals surface area contributed by atoms with Crippen LogP contribution in [0, 0.1) is 5.92 Å². The Morgan fingerprint density at radius 1 is 0.833 bits per heavy atom. The first-order valence-electron chi connectivity index (χ1n) is 11.7. The van der Waals surface area contributed by atoms with Crippen LogP contribution in [-0.4, -0.2) is 75.5 Å². The van der Waals surface area contributed by atoms with Gasteiger partial charge in [0.2, 0.25) is 5.91 Å². The highest BCUT2D eigenvalue weighted by molar-refractivity contribution is 6.02. The van der Waals surface area contributed by atoms with Crippen molar-refractivity contribution in [1.82, 2.24) is 20.8 Å². The molecular weight excluding hydrogens is 480 g/mol. The Labute approximate surface area is 205 Å². The van der Waals surface area contributed by atoms with Gasteiger partial charge in [0.15, 0.2) is 5.78 Å². The molecule has 14 heteroatoms. The Morgan fingerprint density at radius 2 is 1.33 bits per heavy atom. The number of hydrogen-bond acceptors (Lipinski definition) is 11. The van der Waals surface area contributed by atoms with E-state index in [0.29, 0.717) is 10.1 Å². The topological polar surface area (TPSA) is 186 Å². The van der Waals surface area contributed by atoms with Crippen LogP contribution in [0.3, 0.4) is 0 Å². The molecule has 0 bridgehead atoms. The Balaban J connectivity index is 1.48. The number of Topliss-reactive ketones (excluding diaryl/α,β-unsaturated/α-hetero) is 1. The minimum atomic E-state index is -0.935. The van der Waals surface area contributed by atoms with Crippen molar-refractivity contribution in [2.45, 2.75) is 83.3 Å². The summed E-state index contributed by atoms with van der Waals surface area (Å²) in [6.45, 7) is 3.43. The Morgan fingerprint density at radius 3 is 1.86 bits per heavy atom. The number of rotatable bonds is 10. The lowest BCUT2D eigenvalue weighted by Gasteiger charge is -2.24. The zero-order chi connectivity index (χ0) is 26.6. The third-order valence-corrected chi connectivity index (χ3v) is 6.01. The molecule has 0 aromatic carbocycles. The third-order valence-electron chi connectivity index (χ3n) is 6.01. The lowest BCUT2D eigenvalue weighted by molar-refractivity contribution is -0.198. The van der Waals surface area contributed by atoms with E-state index in [0.717, 1.165) is 0 Å². The monoisotopic (exact) mass is 508 g/mol. The van der Waals surface area contributed by atoms with Crippen molar-refractivity contribution >= 4 is 47.3 Å². The van der Waals surface area contributed by atoms with Gasteiger partial charge in [0, 0.05) is 32.1 Å². The number of nitrogens with one attached hydrogen (secondary N) is 2. The van der Waals surface area contributed by atoms with Crippen molar-refractivity contribution in [3.8, 4) is 0 Å². The van der Waals surface area contributed by atoms with Crippen molar-refractivity contribution in [3.63, 3.8) is 0 Å². The van der Waals surface area contributed by atoms with Crippen LogP contribution in [0.15, 0.2) is 0 Å². The summed E-state index contributed by atoms with van der Waals surface area (Å²) in [5, 5.41) is 6.24. The van der Waals surface area contributed by atoms with E-state index in [1.807, 2.05) is 0 Å². The van der Waals surface area contributed by atoms with Crippen molar-refractivity contribution in [1.29, 1.82) is 0 Å². The van der Waals surface area contributed by atoms with Gasteiger partial charge in [0.05, 0.1) is 18.5 Å². The second-order valence-corrected chi connectivity index (χ2v) is 9.08. The molecule has 14 nitrogen and oxygen atoms in total. The van der Waals surface area contributed by atoms with E-state index in [1.54, 1.807) is 13.8 Å². The van der Waals surface area contributed by atoms with Crippen LogP contribution in [0.2, 0.25) is 0 Å². The highest BCUT2D eigenvalue weighted by Crippen LogP contribution is 2.20. The van der Waals surface area contributed by atoms with Gasteiger partial charge in [-0.3, -0.25) is 34.1 Å². The zero-order valence-electron chi connectivity index (χ0n) is 19.9. The van der Waals surface area contributed by atoms with Gasteiger partial charge in [-0.1, -0.05) is 13.8 Å². The predicted molar refractivity (Wildman–Crippen MR) is 115 cm³/mol. The van der Waals surface area contributed by atoms with Gasteiger partial charge in [-0.15, -0.1) is 10.1 Å². The first-order chi connectivity index (χ1) is 17.0. The molecule has 3 rings (SSSR count). The van der Waals surface area contributed by atoms with E-state index in [1.165, 1.54) is 0 Å². The Kier molecular flexibility index (Phi) is 8.50. The van der Waals surface area contributed by atoms with Gasteiger partial charge in [0.25, 0.3) is 23.6 Å². The maximum atomic E-state index is 13.1. The van der Waals surface area contributed by atoms with Crippen molar-refractivity contribution in [3.05, 3.63) is 0 Å². The molecule has 3 fully saturated rings. The Hall–Kier alpha value is -3.68. The van der Waals surface area contributed by atoms with E-state index in [4.69, 9.17) is 9.68 Å². The van der Waals surface area contributed by atoms with E-state index in [-0.39, 0.29) is 56.6 Å². The van der Waals surface area contributed by atoms with Gasteiger partial charge in [-0.25, -0.2) is 9.59 Å². The number of nitrogens with zero attached hydrogens (tertiary/aromatic N) is 2. The summed E-state index contributed by atoms with van der Waals surface area (Å²) in [6.07, 6.45) is -0.420. The number of ketones is 1. The molecular formula is C22H28N4O10. The largest absolute Gasteiger partial charge is 0.349 e. The quantitative estimate of drug-likeness (QED) is 0.338. The molecule has 0 spiro atoms. The molecule has 5 amide bonds. The van der Waals surface area contributed by atoms with Gasteiger partial charge >= 0.3 is 11.9 Å². The molecule has 0 saturated carbocycles. The lowest BCUT2D eigenvalue weighted by Crippen LogP contribution is -2.52. The standard InChI is InChI=1S/C22H28N4O10/c1-11(2)20(24-14(27)5-10-19(32)35-25-15(28)6-7-16(25)29)21(33)12-3-4-13(23-12)22(34)36-26-17(30)8-9-18(26)31/h11-13,20,23H,3-10H2,1-2H3,(H,24,27). The third kappa shape index (κ3) is 6.30. The number of carbonyl (C=O) groups is 8. The number of hydrogen-bond donors (Lipinski definition) is 2. The first kappa shape index (κ1) is 26.9. The summed E-state index contributed by atoms with van der Waals surface area (Å²) < 4.78 is 0.